The second-order valence-electron chi connectivity index (χ2n) is 8.90. The van der Waals surface area contributed by atoms with Gasteiger partial charge in [0, 0.05) is 17.9 Å². The predicted molar refractivity (Wildman–Crippen MR) is 121 cm³/mol. The first-order chi connectivity index (χ1) is 17.4. The first kappa shape index (κ1) is 22.1. The molecule has 3 heterocycles. The molecule has 0 spiro atoms. The van der Waals surface area contributed by atoms with Crippen LogP contribution in [0.5, 0.6) is 28.7 Å². The van der Waals surface area contributed by atoms with Crippen LogP contribution < -0.4 is 29.6 Å². The van der Waals surface area contributed by atoms with Crippen LogP contribution in [0.25, 0.3) is 0 Å². The lowest BCUT2D eigenvalue weighted by Crippen LogP contribution is -2.41. The van der Waals surface area contributed by atoms with E-state index >= 15 is 0 Å². The number of esters is 1. The van der Waals surface area contributed by atoms with E-state index < -0.39 is 35.7 Å². The predicted octanol–water partition coefficient (Wildman–Crippen LogP) is 1.24. The second kappa shape index (κ2) is 8.08. The number of benzene rings is 2. The zero-order valence-electron chi connectivity index (χ0n) is 19.3. The van der Waals surface area contributed by atoms with Crippen LogP contribution in [-0.2, 0) is 19.1 Å². The molecule has 4 aliphatic rings. The van der Waals surface area contributed by atoms with Gasteiger partial charge in [-0.05, 0) is 41.0 Å². The van der Waals surface area contributed by atoms with Crippen LogP contribution >= 0.6 is 0 Å². The van der Waals surface area contributed by atoms with Crippen LogP contribution in [-0.4, -0.2) is 50.5 Å². The van der Waals surface area contributed by atoms with Crippen LogP contribution in [0.4, 0.5) is 0 Å². The highest BCUT2D eigenvalue weighted by atomic mass is 16.7. The van der Waals surface area contributed by atoms with E-state index in [0.29, 0.717) is 17.1 Å². The molecule has 186 valence electrons. The smallest absolute Gasteiger partial charge is 0.310 e. The Morgan fingerprint density at radius 1 is 0.972 bits per heavy atom. The van der Waals surface area contributed by atoms with Gasteiger partial charge in [-0.2, -0.15) is 0 Å². The van der Waals surface area contributed by atoms with Crippen molar-refractivity contribution in [2.45, 2.75) is 12.0 Å². The number of ether oxygens (including phenoxy) is 5. The Morgan fingerprint density at radius 3 is 2.25 bits per heavy atom. The van der Waals surface area contributed by atoms with Crippen molar-refractivity contribution in [3.8, 4) is 28.7 Å². The zero-order chi connectivity index (χ0) is 25.1. The number of phenols is 1. The molecule has 6 rings (SSSR count). The fraction of sp³-hybridized carbons (Fsp3) is 0.320. The molecule has 3 N–H and O–H groups in total. The van der Waals surface area contributed by atoms with Gasteiger partial charge in [0.15, 0.2) is 23.0 Å². The minimum atomic E-state index is -0.643. The summed E-state index contributed by atoms with van der Waals surface area (Å²) in [5.74, 6) is -1.70. The molecular formula is C25H22N2O9. The number of methoxy groups -OCH3 is 2. The van der Waals surface area contributed by atoms with Crippen LogP contribution in [0.2, 0.25) is 0 Å². The molecule has 0 aromatic heterocycles. The number of nitrogens with one attached hydrogen (secondary N) is 2. The summed E-state index contributed by atoms with van der Waals surface area (Å²) < 4.78 is 27.5. The lowest BCUT2D eigenvalue weighted by molar-refractivity contribution is -0.141. The lowest BCUT2D eigenvalue weighted by Gasteiger charge is -2.40. The van der Waals surface area contributed by atoms with Crippen LogP contribution in [0.1, 0.15) is 28.7 Å². The largest absolute Gasteiger partial charge is 0.502 e. The number of cyclic esters (lactones) is 1. The highest BCUT2D eigenvalue weighted by Gasteiger charge is 2.53. The van der Waals surface area contributed by atoms with Crippen molar-refractivity contribution in [2.24, 2.45) is 11.8 Å². The fourth-order valence-corrected chi connectivity index (χ4v) is 5.53. The Balaban J connectivity index is 1.55. The Labute approximate surface area is 204 Å². The van der Waals surface area contributed by atoms with Crippen molar-refractivity contribution in [2.75, 3.05) is 27.6 Å². The van der Waals surface area contributed by atoms with Crippen molar-refractivity contribution < 1.29 is 43.2 Å². The molecule has 36 heavy (non-hydrogen) atoms. The number of phenolic OH excluding ortho intramolecular Hbond substituents is 1. The van der Waals surface area contributed by atoms with E-state index in [-0.39, 0.29) is 42.3 Å². The van der Waals surface area contributed by atoms with Crippen molar-refractivity contribution in [3.63, 3.8) is 0 Å². The quantitative estimate of drug-likeness (QED) is 0.411. The number of hydrogen-bond donors (Lipinski definition) is 3. The van der Waals surface area contributed by atoms with Crippen molar-refractivity contribution >= 4 is 17.8 Å². The van der Waals surface area contributed by atoms with E-state index in [1.54, 1.807) is 12.1 Å². The molecule has 2 aromatic rings. The summed E-state index contributed by atoms with van der Waals surface area (Å²) in [7, 11) is 2.86. The lowest BCUT2D eigenvalue weighted by atomic mass is 9.65. The number of carbonyl (C=O) groups excluding carboxylic acids is 3. The first-order valence-corrected chi connectivity index (χ1v) is 11.3. The van der Waals surface area contributed by atoms with Gasteiger partial charge in [-0.25, -0.2) is 0 Å². The van der Waals surface area contributed by atoms with Crippen LogP contribution in [0.3, 0.4) is 0 Å². The maximum Gasteiger partial charge on any atom is 0.310 e. The normalized spacial score (nSPS) is 25.5. The summed E-state index contributed by atoms with van der Waals surface area (Å²) in [5.41, 5.74) is 2.29. The highest BCUT2D eigenvalue weighted by molar-refractivity contribution is 6.15. The Hall–Kier alpha value is -4.41. The van der Waals surface area contributed by atoms with E-state index in [2.05, 4.69) is 10.6 Å². The molecule has 11 heteroatoms. The number of amides is 2. The molecule has 3 aliphatic heterocycles. The molecule has 0 saturated carbocycles. The molecule has 0 radical (unpaired) electrons. The summed E-state index contributed by atoms with van der Waals surface area (Å²) in [4.78, 5) is 37.2. The number of aromatic hydroxyl groups is 1. The third kappa shape index (κ3) is 3.23. The molecule has 2 amide bonds. The summed E-state index contributed by atoms with van der Waals surface area (Å²) in [6.07, 6.45) is 1.20. The Morgan fingerprint density at radius 2 is 1.64 bits per heavy atom. The summed E-state index contributed by atoms with van der Waals surface area (Å²) in [6.45, 7) is 0.166. The van der Waals surface area contributed by atoms with Gasteiger partial charge in [-0.1, -0.05) is 0 Å². The fourth-order valence-electron chi connectivity index (χ4n) is 5.53. The standard InChI is InChI=1S/C25H22N2O9/c1-32-17-3-10(4-18(33-2)23(17)29)20-11-5-15-16(36-9-35-15)6-12(11)22(13-8-34-25(31)21(13)20)26-14-7-19(28)27-24(14)30/h3-7,13,20-22,29H,8-9H2,1-2H3,(H2,26,27,28,30). The number of imide groups is 1. The second-order valence-corrected chi connectivity index (χ2v) is 8.90. The van der Waals surface area contributed by atoms with Crippen LogP contribution in [0.15, 0.2) is 36.0 Å². The van der Waals surface area contributed by atoms with Gasteiger partial charge in [-0.3, -0.25) is 19.7 Å². The van der Waals surface area contributed by atoms with Gasteiger partial charge in [0.05, 0.1) is 32.8 Å². The zero-order valence-corrected chi connectivity index (χ0v) is 19.3. The van der Waals surface area contributed by atoms with Gasteiger partial charge in [0.25, 0.3) is 11.8 Å². The molecule has 1 saturated heterocycles. The van der Waals surface area contributed by atoms with Crippen molar-refractivity contribution in [1.82, 2.24) is 10.6 Å². The van der Waals surface area contributed by atoms with Gasteiger partial charge < -0.3 is 34.1 Å². The summed E-state index contributed by atoms with van der Waals surface area (Å²) in [5, 5.41) is 15.9. The highest BCUT2D eigenvalue weighted by Crippen LogP contribution is 2.55. The van der Waals surface area contributed by atoms with E-state index in [9.17, 15) is 19.5 Å². The molecule has 1 aliphatic carbocycles. The molecular weight excluding hydrogens is 472 g/mol. The van der Waals surface area contributed by atoms with E-state index in [1.807, 2.05) is 12.1 Å². The van der Waals surface area contributed by atoms with E-state index in [4.69, 9.17) is 23.7 Å². The third-order valence-electron chi connectivity index (χ3n) is 7.12. The SMILES string of the molecule is COc1cc(C2c3cc4c(cc3C(NC3=CC(=O)NC3=O)C3COC(=O)C23)OCO4)cc(OC)c1O. The third-order valence-corrected chi connectivity index (χ3v) is 7.12. The number of fused-ring (bicyclic) bond motifs is 3. The maximum absolute atomic E-state index is 13.1. The summed E-state index contributed by atoms with van der Waals surface area (Å²) >= 11 is 0. The summed E-state index contributed by atoms with van der Waals surface area (Å²) in [6, 6.07) is 6.44. The molecule has 1 fully saturated rings. The monoisotopic (exact) mass is 494 g/mol. The Bertz CT molecular complexity index is 1330. The van der Waals surface area contributed by atoms with Crippen LogP contribution in [0, 0.1) is 11.8 Å². The van der Waals surface area contributed by atoms with E-state index in [0.717, 1.165) is 11.1 Å². The number of carbonyl (C=O) groups is 3. The van der Waals surface area contributed by atoms with E-state index in [1.165, 1.54) is 20.3 Å². The maximum atomic E-state index is 13.1. The average molecular weight is 494 g/mol. The Kier molecular flexibility index (Phi) is 4.95. The van der Waals surface area contributed by atoms with Gasteiger partial charge in [-0.15, -0.1) is 0 Å². The minimum Gasteiger partial charge on any atom is -0.502 e. The van der Waals surface area contributed by atoms with Crippen molar-refractivity contribution in [1.29, 1.82) is 0 Å². The molecule has 2 aromatic carbocycles. The first-order valence-electron chi connectivity index (χ1n) is 11.3. The number of hydrogen-bond acceptors (Lipinski definition) is 10. The van der Waals surface area contributed by atoms with Gasteiger partial charge in [0.1, 0.15) is 5.70 Å². The molecule has 4 unspecified atom stereocenters. The minimum absolute atomic E-state index is 0.0544. The van der Waals surface area contributed by atoms with Gasteiger partial charge >= 0.3 is 5.97 Å². The molecule has 0 bridgehead atoms. The molecule has 4 atom stereocenters. The topological polar surface area (TPSA) is 142 Å². The van der Waals surface area contributed by atoms with Gasteiger partial charge in [0.2, 0.25) is 12.5 Å². The molecule has 11 nitrogen and oxygen atoms in total. The average Bonchev–Trinajstić information content (AvgIpc) is 3.56. The van der Waals surface area contributed by atoms with Crippen molar-refractivity contribution in [3.05, 3.63) is 52.7 Å². The number of rotatable bonds is 5.